The van der Waals surface area contributed by atoms with E-state index in [-0.39, 0.29) is 18.3 Å². The summed E-state index contributed by atoms with van der Waals surface area (Å²) in [4.78, 5) is 23.0. The molecule has 2 unspecified atom stereocenters. The Bertz CT molecular complexity index is 567. The predicted molar refractivity (Wildman–Crippen MR) is 75.6 cm³/mol. The fourth-order valence-electron chi connectivity index (χ4n) is 2.79. The van der Waals surface area contributed by atoms with Gasteiger partial charge in [0.2, 0.25) is 0 Å². The standard InChI is InChI=1S/C16H18O6/c1-9-7-19-15-13(8-20-14(9)15)22-16(18)11-3-5-12(6-4-11)21-10(2)17/h3-6,9,13-15H,7-8H2,1-2H3/t9-,13+,14?,15?/m1/s1. The smallest absolute Gasteiger partial charge is 0.338 e. The molecule has 2 fully saturated rings. The summed E-state index contributed by atoms with van der Waals surface area (Å²) in [5.41, 5.74) is 0.394. The number of hydrogen-bond donors (Lipinski definition) is 0. The van der Waals surface area contributed by atoms with Gasteiger partial charge in [0.1, 0.15) is 11.9 Å². The molecule has 6 heteroatoms. The van der Waals surface area contributed by atoms with Crippen LogP contribution in [0.15, 0.2) is 24.3 Å². The monoisotopic (exact) mass is 306 g/mol. The fourth-order valence-corrected chi connectivity index (χ4v) is 2.79. The van der Waals surface area contributed by atoms with Gasteiger partial charge in [-0.25, -0.2) is 4.79 Å². The van der Waals surface area contributed by atoms with Crippen molar-refractivity contribution in [3.63, 3.8) is 0 Å². The van der Waals surface area contributed by atoms with E-state index in [1.165, 1.54) is 6.92 Å². The van der Waals surface area contributed by atoms with Crippen LogP contribution in [-0.4, -0.2) is 43.5 Å². The second-order valence-corrected chi connectivity index (χ2v) is 5.63. The Morgan fingerprint density at radius 1 is 1.09 bits per heavy atom. The molecule has 4 atom stereocenters. The van der Waals surface area contributed by atoms with Crippen LogP contribution in [-0.2, 0) is 19.0 Å². The number of carbonyl (C=O) groups excluding carboxylic acids is 2. The zero-order valence-corrected chi connectivity index (χ0v) is 12.5. The first-order valence-electron chi connectivity index (χ1n) is 7.27. The number of carbonyl (C=O) groups is 2. The third-order valence-corrected chi connectivity index (χ3v) is 3.87. The molecule has 0 N–H and O–H groups in total. The SMILES string of the molecule is CC(=O)Oc1ccc(C(=O)O[C@H]2COC3C2OC[C@H]3C)cc1. The van der Waals surface area contributed by atoms with Crippen LogP contribution in [0.5, 0.6) is 5.75 Å². The molecule has 2 heterocycles. The number of fused-ring (bicyclic) bond motifs is 1. The van der Waals surface area contributed by atoms with Crippen molar-refractivity contribution >= 4 is 11.9 Å². The highest BCUT2D eigenvalue weighted by atomic mass is 16.6. The van der Waals surface area contributed by atoms with E-state index in [9.17, 15) is 9.59 Å². The van der Waals surface area contributed by atoms with Gasteiger partial charge < -0.3 is 18.9 Å². The van der Waals surface area contributed by atoms with Gasteiger partial charge in [-0.3, -0.25) is 4.79 Å². The number of hydrogen-bond acceptors (Lipinski definition) is 6. The minimum Gasteiger partial charge on any atom is -0.453 e. The molecule has 0 aromatic heterocycles. The van der Waals surface area contributed by atoms with Gasteiger partial charge in [-0.2, -0.15) is 0 Å². The average molecular weight is 306 g/mol. The second-order valence-electron chi connectivity index (χ2n) is 5.63. The van der Waals surface area contributed by atoms with Gasteiger partial charge in [0.25, 0.3) is 0 Å². The van der Waals surface area contributed by atoms with Crippen molar-refractivity contribution in [3.05, 3.63) is 29.8 Å². The predicted octanol–water partition coefficient (Wildman–Crippen LogP) is 1.57. The van der Waals surface area contributed by atoms with Crippen molar-refractivity contribution in [1.82, 2.24) is 0 Å². The maximum atomic E-state index is 12.2. The second kappa shape index (κ2) is 6.06. The van der Waals surface area contributed by atoms with Crippen LogP contribution in [0, 0.1) is 5.92 Å². The molecule has 0 radical (unpaired) electrons. The number of benzene rings is 1. The van der Waals surface area contributed by atoms with E-state index >= 15 is 0 Å². The Kier molecular flexibility index (Phi) is 4.13. The highest BCUT2D eigenvalue weighted by Gasteiger charge is 2.47. The largest absolute Gasteiger partial charge is 0.453 e. The normalized spacial score (nSPS) is 29.9. The first kappa shape index (κ1) is 15.0. The lowest BCUT2D eigenvalue weighted by molar-refractivity contribution is -0.131. The summed E-state index contributed by atoms with van der Waals surface area (Å²) in [6, 6.07) is 6.23. The Hall–Kier alpha value is -1.92. The van der Waals surface area contributed by atoms with Crippen molar-refractivity contribution < 1.29 is 28.5 Å². The summed E-state index contributed by atoms with van der Waals surface area (Å²) in [5.74, 6) is -0.137. The van der Waals surface area contributed by atoms with Gasteiger partial charge in [-0.05, 0) is 24.3 Å². The van der Waals surface area contributed by atoms with E-state index in [0.29, 0.717) is 30.4 Å². The summed E-state index contributed by atoms with van der Waals surface area (Å²) < 4.78 is 21.7. The summed E-state index contributed by atoms with van der Waals surface area (Å²) in [5, 5.41) is 0. The molecule has 2 saturated heterocycles. The quantitative estimate of drug-likeness (QED) is 0.623. The molecule has 0 bridgehead atoms. The summed E-state index contributed by atoms with van der Waals surface area (Å²) in [7, 11) is 0. The molecule has 1 aromatic carbocycles. The third-order valence-electron chi connectivity index (χ3n) is 3.87. The Labute approximate surface area is 128 Å². The lowest BCUT2D eigenvalue weighted by Gasteiger charge is -2.16. The van der Waals surface area contributed by atoms with Crippen LogP contribution in [0.25, 0.3) is 0 Å². The van der Waals surface area contributed by atoms with Crippen LogP contribution >= 0.6 is 0 Å². The maximum absolute atomic E-state index is 12.2. The van der Waals surface area contributed by atoms with Crippen molar-refractivity contribution in [2.24, 2.45) is 5.92 Å². The number of esters is 2. The zero-order chi connectivity index (χ0) is 15.7. The fraction of sp³-hybridized carbons (Fsp3) is 0.500. The van der Waals surface area contributed by atoms with E-state index < -0.39 is 11.9 Å². The molecule has 0 spiro atoms. The molecule has 2 aliphatic heterocycles. The van der Waals surface area contributed by atoms with Crippen LogP contribution in [0.3, 0.4) is 0 Å². The molecule has 22 heavy (non-hydrogen) atoms. The van der Waals surface area contributed by atoms with Crippen LogP contribution in [0.1, 0.15) is 24.2 Å². The number of rotatable bonds is 3. The van der Waals surface area contributed by atoms with E-state index in [2.05, 4.69) is 6.92 Å². The van der Waals surface area contributed by atoms with Gasteiger partial charge in [0.05, 0.1) is 24.9 Å². The molecule has 6 nitrogen and oxygen atoms in total. The third kappa shape index (κ3) is 2.98. The van der Waals surface area contributed by atoms with Crippen molar-refractivity contribution in [3.8, 4) is 5.75 Å². The Morgan fingerprint density at radius 2 is 1.77 bits per heavy atom. The highest BCUT2D eigenvalue weighted by Crippen LogP contribution is 2.32. The molecule has 2 aliphatic rings. The molecule has 0 saturated carbocycles. The van der Waals surface area contributed by atoms with E-state index in [1.54, 1.807) is 24.3 Å². The summed E-state index contributed by atoms with van der Waals surface area (Å²) in [6.45, 7) is 4.36. The molecule has 0 amide bonds. The van der Waals surface area contributed by atoms with E-state index in [1.807, 2.05) is 0 Å². The minimum absolute atomic E-state index is 0.00384. The van der Waals surface area contributed by atoms with Gasteiger partial charge in [-0.15, -0.1) is 0 Å². The molecular formula is C16H18O6. The van der Waals surface area contributed by atoms with Crippen molar-refractivity contribution in [2.45, 2.75) is 32.2 Å². The first-order chi connectivity index (χ1) is 10.5. The highest BCUT2D eigenvalue weighted by molar-refractivity contribution is 5.89. The maximum Gasteiger partial charge on any atom is 0.338 e. The van der Waals surface area contributed by atoms with Crippen LogP contribution in [0.4, 0.5) is 0 Å². The van der Waals surface area contributed by atoms with Crippen LogP contribution in [0.2, 0.25) is 0 Å². The van der Waals surface area contributed by atoms with E-state index in [0.717, 1.165) is 0 Å². The van der Waals surface area contributed by atoms with Crippen molar-refractivity contribution in [2.75, 3.05) is 13.2 Å². The lowest BCUT2D eigenvalue weighted by Crippen LogP contribution is -2.32. The Balaban J connectivity index is 1.61. The summed E-state index contributed by atoms with van der Waals surface area (Å²) >= 11 is 0. The average Bonchev–Trinajstić information content (AvgIpc) is 3.03. The van der Waals surface area contributed by atoms with Gasteiger partial charge in [0.15, 0.2) is 6.10 Å². The van der Waals surface area contributed by atoms with Crippen LogP contribution < -0.4 is 4.74 Å². The molecular weight excluding hydrogens is 288 g/mol. The van der Waals surface area contributed by atoms with Gasteiger partial charge in [0, 0.05) is 12.8 Å². The molecule has 3 rings (SSSR count). The first-order valence-corrected chi connectivity index (χ1v) is 7.27. The Morgan fingerprint density at radius 3 is 2.45 bits per heavy atom. The van der Waals surface area contributed by atoms with E-state index in [4.69, 9.17) is 18.9 Å². The van der Waals surface area contributed by atoms with Gasteiger partial charge in [-0.1, -0.05) is 6.92 Å². The molecule has 1 aromatic rings. The topological polar surface area (TPSA) is 71.1 Å². The number of ether oxygens (including phenoxy) is 4. The lowest BCUT2D eigenvalue weighted by atomic mass is 10.0. The molecule has 118 valence electrons. The summed E-state index contributed by atoms with van der Waals surface area (Å²) in [6.07, 6.45) is -0.556. The molecule has 0 aliphatic carbocycles. The zero-order valence-electron chi connectivity index (χ0n) is 12.5. The van der Waals surface area contributed by atoms with Crippen molar-refractivity contribution in [1.29, 1.82) is 0 Å². The minimum atomic E-state index is -0.438. The van der Waals surface area contributed by atoms with Gasteiger partial charge >= 0.3 is 11.9 Å².